The van der Waals surface area contributed by atoms with Crippen molar-refractivity contribution in [3.05, 3.63) is 295 Å². The summed E-state index contributed by atoms with van der Waals surface area (Å²) in [7, 11) is 0. The van der Waals surface area contributed by atoms with Crippen LogP contribution in [0.4, 0.5) is 0 Å². The van der Waals surface area contributed by atoms with Crippen molar-refractivity contribution in [2.45, 2.75) is 73.1 Å². The Morgan fingerprint density at radius 2 is 0.760 bits per heavy atom. The van der Waals surface area contributed by atoms with E-state index < -0.39 is 0 Å². The Morgan fingerprint density at radius 3 is 1.33 bits per heavy atom. The Bertz CT molecular complexity index is 5930. The average Bonchev–Trinajstić information content (AvgIpc) is 1.48. The van der Waals surface area contributed by atoms with E-state index in [0.717, 1.165) is 49.9 Å². The molecule has 477 valence electrons. The van der Waals surface area contributed by atoms with Crippen molar-refractivity contribution in [2.75, 3.05) is 0 Å². The van der Waals surface area contributed by atoms with Gasteiger partial charge in [0.2, 0.25) is 0 Å². The third-order valence-electron chi connectivity index (χ3n) is 18.9. The molecule has 7 heterocycles. The van der Waals surface area contributed by atoms with Crippen LogP contribution in [0, 0.1) is 39.0 Å². The molecule has 0 saturated carbocycles. The quantitative estimate of drug-likeness (QED) is 0.130. The number of pyridine rings is 3. The second-order valence-corrected chi connectivity index (χ2v) is 26.9. The molecular formula is C86H68Ir3N7-3. The first-order valence-corrected chi connectivity index (χ1v) is 32.1. The number of fused-ring (bicyclic) bond motifs is 21. The molecule has 7 nitrogen and oxygen atoms in total. The molecule has 3 radical (unpaired) electrons. The molecule has 0 aliphatic rings. The van der Waals surface area contributed by atoms with Crippen LogP contribution in [0.1, 0.15) is 69.4 Å². The molecule has 0 bridgehead atoms. The average molecular weight is 1780 g/mol. The molecule has 0 aliphatic carbocycles. The van der Waals surface area contributed by atoms with E-state index >= 15 is 0 Å². The Kier molecular flexibility index (Phi) is 17.6. The van der Waals surface area contributed by atoms with Gasteiger partial charge in [0.1, 0.15) is 0 Å². The second kappa shape index (κ2) is 25.7. The van der Waals surface area contributed by atoms with Gasteiger partial charge >= 0.3 is 0 Å². The summed E-state index contributed by atoms with van der Waals surface area (Å²) in [5, 5.41) is 27.9. The predicted molar refractivity (Wildman–Crippen MR) is 389 cm³/mol. The fraction of sp³-hybridized carbons (Fsp3) is 0.128. The van der Waals surface area contributed by atoms with Gasteiger partial charge in [-0.15, -0.1) is 21.7 Å². The molecule has 0 atom stereocenters. The number of rotatable bonds is 4. The number of aromatic nitrogens is 7. The molecule has 7 aromatic heterocycles. The molecular weight excluding hydrogens is 1710 g/mol. The summed E-state index contributed by atoms with van der Waals surface area (Å²) >= 11 is 0. The van der Waals surface area contributed by atoms with E-state index in [0.29, 0.717) is 0 Å². The molecule has 18 rings (SSSR count). The summed E-state index contributed by atoms with van der Waals surface area (Å²) in [5.74, 6) is 0. The fourth-order valence-electron chi connectivity index (χ4n) is 13.9. The van der Waals surface area contributed by atoms with Gasteiger partial charge in [0, 0.05) is 82.2 Å². The minimum absolute atomic E-state index is 0. The van der Waals surface area contributed by atoms with Gasteiger partial charge in [-0.1, -0.05) is 232 Å². The van der Waals surface area contributed by atoms with Gasteiger partial charge in [-0.3, -0.25) is 13.5 Å². The van der Waals surface area contributed by atoms with Gasteiger partial charge in [-0.05, 0) is 116 Å². The second-order valence-electron chi connectivity index (χ2n) is 26.9. The summed E-state index contributed by atoms with van der Waals surface area (Å²) in [5.41, 5.74) is 23.7. The first-order valence-electron chi connectivity index (χ1n) is 32.1. The van der Waals surface area contributed by atoms with Crippen molar-refractivity contribution >= 4 is 103 Å². The molecule has 0 amide bonds. The van der Waals surface area contributed by atoms with Crippen LogP contribution in [0.5, 0.6) is 0 Å². The minimum atomic E-state index is 0. The van der Waals surface area contributed by atoms with Crippen molar-refractivity contribution in [1.82, 2.24) is 33.4 Å². The maximum absolute atomic E-state index is 4.88. The van der Waals surface area contributed by atoms with E-state index in [1.165, 1.54) is 120 Å². The fourth-order valence-corrected chi connectivity index (χ4v) is 13.9. The smallest absolute Gasteiger partial charge is 0.0952 e. The third-order valence-corrected chi connectivity index (χ3v) is 18.9. The molecule has 18 aromatic rings. The van der Waals surface area contributed by atoms with Crippen LogP contribution in [-0.4, -0.2) is 33.4 Å². The number of hydrogen-bond donors (Lipinski definition) is 0. The van der Waals surface area contributed by atoms with E-state index in [4.69, 9.17) is 15.3 Å². The van der Waals surface area contributed by atoms with E-state index in [1.807, 2.05) is 47.4 Å². The summed E-state index contributed by atoms with van der Waals surface area (Å²) in [6, 6.07) is 92.6. The summed E-state index contributed by atoms with van der Waals surface area (Å²) in [4.78, 5) is 0. The Balaban J connectivity index is 0.000000129. The number of hydrogen-bond acceptors (Lipinski definition) is 3. The van der Waals surface area contributed by atoms with E-state index in [9.17, 15) is 0 Å². The number of nitrogens with zero attached hydrogens (tertiary/aromatic N) is 7. The number of benzene rings is 11. The van der Waals surface area contributed by atoms with Crippen molar-refractivity contribution in [1.29, 1.82) is 0 Å². The molecule has 96 heavy (non-hydrogen) atoms. The first-order chi connectivity index (χ1) is 45.2. The van der Waals surface area contributed by atoms with Gasteiger partial charge in [-0.25, -0.2) is 0 Å². The van der Waals surface area contributed by atoms with Gasteiger partial charge in [0.15, 0.2) is 0 Å². The maximum atomic E-state index is 4.88. The van der Waals surface area contributed by atoms with Crippen LogP contribution in [0.3, 0.4) is 0 Å². The standard InChI is InChI=1S/C31H25N2.C29H20N3.C26H23N2.3Ir/c1-31(2,3)24-17-18-29-27(19-24)25-11-7-8-12-26(25)30-28(20-32-33(29)30)23-15-13-22(14-16-23)21-9-5-4-6-10-21;1-18-15-23-22-11-5-8-14-27(22)32-29(24(23)16-19(18)2)28(17-30-32)31-25-12-6-3-9-20(25)21-10-4-7-13-26(21)31;1-17-9-14-21-22(15-17)20-7-5-6-8-24(20)28-25(21)23(16-27-28)18-10-12-19(13-11-18)26(2,3)4;;;/h4-17,19-20H,1-3H3;3-13,15-17H,1-2H3;5-7,9-16H,1-4H3;;;/q3*-1;;;. The Morgan fingerprint density at radius 1 is 0.323 bits per heavy atom. The van der Waals surface area contributed by atoms with Crippen molar-refractivity contribution < 1.29 is 60.3 Å². The van der Waals surface area contributed by atoms with Gasteiger partial charge in [0.25, 0.3) is 0 Å². The molecule has 0 unspecified atom stereocenters. The maximum Gasteiger partial charge on any atom is 0.0952 e. The molecule has 0 saturated heterocycles. The summed E-state index contributed by atoms with van der Waals surface area (Å²) in [6.07, 6.45) is 5.98. The molecule has 11 aromatic carbocycles. The Hall–Kier alpha value is -9.20. The zero-order valence-electron chi connectivity index (χ0n) is 54.8. The van der Waals surface area contributed by atoms with Crippen molar-refractivity contribution in [2.24, 2.45) is 0 Å². The van der Waals surface area contributed by atoms with Crippen LogP contribution < -0.4 is 0 Å². The van der Waals surface area contributed by atoms with Gasteiger partial charge in [-0.2, -0.15) is 82.0 Å². The van der Waals surface area contributed by atoms with Crippen molar-refractivity contribution in [3.63, 3.8) is 0 Å². The first kappa shape index (κ1) is 65.5. The normalized spacial score (nSPS) is 11.8. The summed E-state index contributed by atoms with van der Waals surface area (Å²) < 4.78 is 8.52. The molecule has 0 spiro atoms. The molecule has 0 fully saturated rings. The topological polar surface area (TPSA) is 56.8 Å². The zero-order valence-corrected chi connectivity index (χ0v) is 62.0. The van der Waals surface area contributed by atoms with Crippen molar-refractivity contribution in [3.8, 4) is 39.1 Å². The predicted octanol–water partition coefficient (Wildman–Crippen LogP) is 21.9. The van der Waals surface area contributed by atoms with E-state index in [2.05, 4.69) is 300 Å². The molecule has 10 heteroatoms. The monoisotopic (exact) mass is 1780 g/mol. The van der Waals surface area contributed by atoms with Crippen LogP contribution >= 0.6 is 0 Å². The zero-order chi connectivity index (χ0) is 63.4. The molecule has 0 aliphatic heterocycles. The number of aryl methyl sites for hydroxylation is 3. The van der Waals surface area contributed by atoms with Crippen LogP contribution in [-0.2, 0) is 71.1 Å². The van der Waals surface area contributed by atoms with Crippen LogP contribution in [0.15, 0.2) is 249 Å². The number of para-hydroxylation sites is 4. The Labute approximate surface area is 599 Å². The van der Waals surface area contributed by atoms with Gasteiger partial charge in [0.05, 0.1) is 51.9 Å². The van der Waals surface area contributed by atoms with Gasteiger partial charge < -0.3 is 4.57 Å². The minimum Gasteiger partial charge on any atom is -0.306 e. The summed E-state index contributed by atoms with van der Waals surface area (Å²) in [6.45, 7) is 20.0. The SMILES string of the molecule is CC(C)(C)c1c[c-]c2c(c1)c1ccccc1c1c(-c3ccc(-c4ccccc4)cc3)cnn21.Cc1cc2c3ccc[c-]c3n3ncc(-n4c5ccccc5c5ccccc54)c3c2cc1C.Cc1ccc2c(c1)c1ccc[c-]c1n1ncc(-c3ccc(C(C)(C)C)cc3)c21.[Ir].[Ir].[Ir]. The largest absolute Gasteiger partial charge is 0.306 e. The third kappa shape index (κ3) is 11.2. The van der Waals surface area contributed by atoms with E-state index in [1.54, 1.807) is 0 Å². The van der Waals surface area contributed by atoms with Crippen LogP contribution in [0.25, 0.3) is 142 Å². The molecule has 0 N–H and O–H groups in total. The van der Waals surface area contributed by atoms with Crippen LogP contribution in [0.2, 0.25) is 0 Å². The van der Waals surface area contributed by atoms with E-state index in [-0.39, 0.29) is 71.1 Å².